The first-order valence-corrected chi connectivity index (χ1v) is 11.8. The van der Waals surface area contributed by atoms with Crippen LogP contribution in [0.3, 0.4) is 0 Å². The molecule has 0 aliphatic carbocycles. The quantitative estimate of drug-likeness (QED) is 0.510. The number of aliphatic hydroxyl groups is 1. The van der Waals surface area contributed by atoms with Gasteiger partial charge < -0.3 is 5.11 Å². The van der Waals surface area contributed by atoms with Crippen LogP contribution in [0.25, 0.3) is 32.8 Å². The van der Waals surface area contributed by atoms with E-state index in [1.165, 1.54) is 12.1 Å². The van der Waals surface area contributed by atoms with Crippen LogP contribution in [0.4, 0.5) is 10.2 Å². The van der Waals surface area contributed by atoms with Crippen LogP contribution in [0.5, 0.6) is 0 Å². The normalized spacial score (nSPS) is 15.8. The molecule has 3 heterocycles. The minimum atomic E-state index is -2.33. The number of aromatic nitrogens is 3. The first kappa shape index (κ1) is 19.1. The summed E-state index contributed by atoms with van der Waals surface area (Å²) in [5.41, 5.74) is 3.11. The second-order valence-electron chi connectivity index (χ2n) is 7.57. The van der Waals surface area contributed by atoms with Crippen LogP contribution in [0, 0.1) is 5.82 Å². The van der Waals surface area contributed by atoms with Crippen LogP contribution in [0.1, 0.15) is 18.5 Å². The predicted molar refractivity (Wildman–Crippen MR) is 117 cm³/mol. The number of nitrogens with one attached hydrogen (secondary N) is 1. The summed E-state index contributed by atoms with van der Waals surface area (Å²) in [5, 5.41) is 19.3. The third-order valence-electron chi connectivity index (χ3n) is 5.53. The number of benzene rings is 2. The highest BCUT2D eigenvalue weighted by Crippen LogP contribution is 2.39. The molecule has 4 aromatic rings. The Labute approximate surface area is 173 Å². The molecule has 0 unspecified atom stereocenters. The summed E-state index contributed by atoms with van der Waals surface area (Å²) in [7, 11) is -2.33. The van der Waals surface area contributed by atoms with Crippen molar-refractivity contribution in [2.75, 3.05) is 18.1 Å². The van der Waals surface area contributed by atoms with Crippen LogP contribution in [-0.2, 0) is 16.1 Å². The van der Waals surface area contributed by atoms with Gasteiger partial charge in [-0.3, -0.25) is 5.10 Å². The van der Waals surface area contributed by atoms with Crippen molar-refractivity contribution in [2.45, 2.75) is 19.3 Å². The van der Waals surface area contributed by atoms with E-state index in [-0.39, 0.29) is 12.4 Å². The molecule has 1 saturated heterocycles. The smallest absolute Gasteiger partial charge is 0.169 e. The van der Waals surface area contributed by atoms with Crippen molar-refractivity contribution in [3.63, 3.8) is 0 Å². The second-order valence-corrected chi connectivity index (χ2v) is 10.1. The Bertz CT molecular complexity index is 1360. The molecule has 2 aromatic heterocycles. The fourth-order valence-electron chi connectivity index (χ4n) is 4.08. The number of fused-ring (bicyclic) bond motifs is 2. The van der Waals surface area contributed by atoms with Crippen LogP contribution in [0.15, 0.2) is 47.0 Å². The molecule has 0 amide bonds. The number of nitrogens with zero attached hydrogens (tertiary/aromatic N) is 3. The Morgan fingerprint density at radius 3 is 2.63 bits per heavy atom. The van der Waals surface area contributed by atoms with E-state index in [9.17, 15) is 13.7 Å². The van der Waals surface area contributed by atoms with Crippen LogP contribution in [0.2, 0.25) is 0 Å². The van der Waals surface area contributed by atoms with Gasteiger partial charge in [0, 0.05) is 40.9 Å². The summed E-state index contributed by atoms with van der Waals surface area (Å²) in [6.45, 7) is -0.0878. The number of aliphatic hydroxyl groups excluding tert-OH is 1. The van der Waals surface area contributed by atoms with E-state index in [1.54, 1.807) is 18.3 Å². The van der Waals surface area contributed by atoms with E-state index < -0.39 is 9.73 Å². The molecule has 0 bridgehead atoms. The van der Waals surface area contributed by atoms with E-state index in [1.807, 2.05) is 12.1 Å². The zero-order chi connectivity index (χ0) is 20.7. The zero-order valence-electron chi connectivity index (χ0n) is 16.3. The van der Waals surface area contributed by atoms with Gasteiger partial charge in [0.05, 0.1) is 27.1 Å². The molecule has 0 radical (unpaired) electrons. The maximum Gasteiger partial charge on any atom is 0.169 e. The van der Waals surface area contributed by atoms with Gasteiger partial charge in [0.1, 0.15) is 5.82 Å². The fraction of sp³-hybridized carbons (Fsp3) is 0.273. The number of hydrogen-bond donors (Lipinski definition) is 2. The summed E-state index contributed by atoms with van der Waals surface area (Å²) in [6, 6.07) is 10.2. The topological polar surface area (TPSA) is 91.2 Å². The molecule has 1 aliphatic rings. The summed E-state index contributed by atoms with van der Waals surface area (Å²) in [4.78, 5) is 4.76. The lowest BCUT2D eigenvalue weighted by molar-refractivity contribution is 0.298. The second kappa shape index (κ2) is 7.45. The van der Waals surface area contributed by atoms with Crippen molar-refractivity contribution >= 4 is 37.2 Å². The van der Waals surface area contributed by atoms with Crippen molar-refractivity contribution in [1.82, 2.24) is 15.2 Å². The molecule has 2 aromatic carbocycles. The largest absolute Gasteiger partial charge is 0.396 e. The van der Waals surface area contributed by atoms with Gasteiger partial charge in [-0.15, -0.1) is 0 Å². The molecule has 8 heteroatoms. The SMILES string of the molecule is O=S1(=Nc2nc(CCO)c(-c3ccc(F)cc3)c3cc4cn[nH]c4cc23)CCCC1. The van der Waals surface area contributed by atoms with E-state index in [0.29, 0.717) is 29.4 Å². The van der Waals surface area contributed by atoms with Crippen molar-refractivity contribution in [3.8, 4) is 11.1 Å². The van der Waals surface area contributed by atoms with Gasteiger partial charge in [-0.1, -0.05) is 12.1 Å². The highest BCUT2D eigenvalue weighted by molar-refractivity contribution is 7.93. The first-order valence-electron chi connectivity index (χ1n) is 9.95. The molecule has 0 spiro atoms. The molecule has 154 valence electrons. The van der Waals surface area contributed by atoms with Gasteiger partial charge in [-0.25, -0.2) is 13.6 Å². The molecule has 1 aliphatic heterocycles. The lowest BCUT2D eigenvalue weighted by Gasteiger charge is -2.15. The molecular formula is C22H21FN4O2S. The number of hydrogen-bond acceptors (Lipinski definition) is 5. The lowest BCUT2D eigenvalue weighted by atomic mass is 9.95. The maximum atomic E-state index is 13.6. The van der Waals surface area contributed by atoms with Crippen LogP contribution < -0.4 is 0 Å². The van der Waals surface area contributed by atoms with Gasteiger partial charge in [-0.05, 0) is 48.1 Å². The molecule has 0 atom stereocenters. The average molecular weight is 425 g/mol. The summed E-state index contributed by atoms with van der Waals surface area (Å²) in [5.74, 6) is 1.28. The molecule has 6 nitrogen and oxygen atoms in total. The Morgan fingerprint density at radius 2 is 1.90 bits per heavy atom. The fourth-order valence-corrected chi connectivity index (χ4v) is 6.24. The summed E-state index contributed by atoms with van der Waals surface area (Å²) >= 11 is 0. The molecule has 0 saturated carbocycles. The number of aromatic amines is 1. The van der Waals surface area contributed by atoms with Gasteiger partial charge in [0.15, 0.2) is 5.82 Å². The average Bonchev–Trinajstić information content (AvgIpc) is 3.37. The third kappa shape index (κ3) is 3.36. The minimum Gasteiger partial charge on any atom is -0.396 e. The summed E-state index contributed by atoms with van der Waals surface area (Å²) in [6.07, 6.45) is 3.86. The highest BCUT2D eigenvalue weighted by Gasteiger charge is 2.21. The van der Waals surface area contributed by atoms with E-state index in [2.05, 4.69) is 14.6 Å². The van der Waals surface area contributed by atoms with Gasteiger partial charge in [-0.2, -0.15) is 9.46 Å². The van der Waals surface area contributed by atoms with Crippen molar-refractivity contribution in [2.24, 2.45) is 4.36 Å². The molecule has 5 rings (SSSR count). The lowest BCUT2D eigenvalue weighted by Crippen LogP contribution is -2.03. The Kier molecular flexibility index (Phi) is 4.75. The summed E-state index contributed by atoms with van der Waals surface area (Å²) < 4.78 is 31.3. The van der Waals surface area contributed by atoms with Gasteiger partial charge in [0.25, 0.3) is 0 Å². The Hall–Kier alpha value is -2.84. The maximum absolute atomic E-state index is 13.6. The first-order chi connectivity index (χ1) is 14.6. The molecular weight excluding hydrogens is 403 g/mol. The Morgan fingerprint density at radius 1 is 1.13 bits per heavy atom. The highest BCUT2D eigenvalue weighted by atomic mass is 32.2. The van der Waals surface area contributed by atoms with Crippen LogP contribution >= 0.6 is 0 Å². The zero-order valence-corrected chi connectivity index (χ0v) is 17.1. The molecule has 30 heavy (non-hydrogen) atoms. The van der Waals surface area contributed by atoms with Crippen molar-refractivity contribution in [3.05, 3.63) is 54.1 Å². The van der Waals surface area contributed by atoms with E-state index >= 15 is 0 Å². The number of H-pyrrole nitrogens is 1. The molecule has 2 N–H and O–H groups in total. The molecule has 1 fully saturated rings. The standard InChI is InChI=1S/C22H21FN4O2S/c23-16-5-3-14(4-6-16)21-17-11-15-13-24-26-20(15)12-18(17)22(25-19(21)7-8-28)27-30(29)9-1-2-10-30/h3-6,11-13,28H,1-2,7-10H2,(H,24,26). The van der Waals surface area contributed by atoms with Crippen molar-refractivity contribution < 1.29 is 13.7 Å². The van der Waals surface area contributed by atoms with E-state index in [4.69, 9.17) is 4.98 Å². The third-order valence-corrected chi connectivity index (χ3v) is 7.89. The van der Waals surface area contributed by atoms with E-state index in [0.717, 1.165) is 45.6 Å². The number of pyridine rings is 1. The monoisotopic (exact) mass is 424 g/mol. The van der Waals surface area contributed by atoms with Gasteiger partial charge in [0.2, 0.25) is 0 Å². The number of rotatable bonds is 4. The minimum absolute atomic E-state index is 0.0878. The predicted octanol–water partition coefficient (Wildman–Crippen LogP) is 4.35. The van der Waals surface area contributed by atoms with Gasteiger partial charge >= 0.3 is 0 Å². The van der Waals surface area contributed by atoms with Crippen LogP contribution in [-0.4, -0.2) is 42.6 Å². The Balaban J connectivity index is 1.88. The van der Waals surface area contributed by atoms with Crippen molar-refractivity contribution in [1.29, 1.82) is 0 Å². The number of halogens is 1.